The molecular weight excluding hydrogens is 314 g/mol. The SMILES string of the molecule is CCC(CC)(CN)C(=O)NCCC(=O)Nc1cccc(Cl)c1C. The quantitative estimate of drug-likeness (QED) is 0.681. The van der Waals surface area contributed by atoms with Crippen LogP contribution in [0.25, 0.3) is 0 Å². The molecule has 0 aliphatic heterocycles. The molecule has 128 valence electrons. The smallest absolute Gasteiger partial charge is 0.227 e. The third-order valence-corrected chi connectivity index (χ3v) is 4.81. The molecule has 0 atom stereocenters. The summed E-state index contributed by atoms with van der Waals surface area (Å²) >= 11 is 6.02. The summed E-state index contributed by atoms with van der Waals surface area (Å²) in [6.45, 7) is 6.33. The lowest BCUT2D eigenvalue weighted by Crippen LogP contribution is -2.45. The number of anilines is 1. The maximum Gasteiger partial charge on any atom is 0.227 e. The summed E-state index contributed by atoms with van der Waals surface area (Å²) in [4.78, 5) is 24.2. The normalized spacial score (nSPS) is 11.2. The van der Waals surface area contributed by atoms with Crippen molar-refractivity contribution in [3.63, 3.8) is 0 Å². The average molecular weight is 340 g/mol. The number of carbonyl (C=O) groups excluding carboxylic acids is 2. The van der Waals surface area contributed by atoms with Crippen LogP contribution in [-0.4, -0.2) is 24.9 Å². The Morgan fingerprint density at radius 1 is 1.26 bits per heavy atom. The fraction of sp³-hybridized carbons (Fsp3) is 0.529. The van der Waals surface area contributed by atoms with E-state index in [2.05, 4.69) is 10.6 Å². The molecule has 0 radical (unpaired) electrons. The second-order valence-electron chi connectivity index (χ2n) is 5.66. The molecule has 1 aromatic carbocycles. The molecular formula is C17H26ClN3O2. The average Bonchev–Trinajstić information content (AvgIpc) is 2.54. The van der Waals surface area contributed by atoms with Gasteiger partial charge in [0, 0.05) is 30.2 Å². The van der Waals surface area contributed by atoms with Crippen molar-refractivity contribution in [3.8, 4) is 0 Å². The molecule has 0 saturated carbocycles. The van der Waals surface area contributed by atoms with E-state index in [4.69, 9.17) is 17.3 Å². The number of nitrogens with one attached hydrogen (secondary N) is 2. The molecule has 0 heterocycles. The summed E-state index contributed by atoms with van der Waals surface area (Å²) in [6, 6.07) is 5.35. The molecule has 1 aromatic rings. The highest BCUT2D eigenvalue weighted by Crippen LogP contribution is 2.25. The van der Waals surface area contributed by atoms with Gasteiger partial charge in [-0.05, 0) is 37.5 Å². The monoisotopic (exact) mass is 339 g/mol. The highest BCUT2D eigenvalue weighted by atomic mass is 35.5. The molecule has 6 heteroatoms. The van der Waals surface area contributed by atoms with Gasteiger partial charge in [0.2, 0.25) is 11.8 Å². The lowest BCUT2D eigenvalue weighted by Gasteiger charge is -2.28. The van der Waals surface area contributed by atoms with E-state index in [0.29, 0.717) is 30.1 Å². The van der Waals surface area contributed by atoms with Crippen molar-refractivity contribution < 1.29 is 9.59 Å². The van der Waals surface area contributed by atoms with Crippen LogP contribution in [0.1, 0.15) is 38.7 Å². The summed E-state index contributed by atoms with van der Waals surface area (Å²) in [5, 5.41) is 6.23. The maximum absolute atomic E-state index is 12.3. The molecule has 1 rings (SSSR count). The van der Waals surface area contributed by atoms with Crippen LogP contribution in [0.2, 0.25) is 5.02 Å². The van der Waals surface area contributed by atoms with Gasteiger partial charge in [0.25, 0.3) is 0 Å². The van der Waals surface area contributed by atoms with E-state index in [-0.39, 0.29) is 24.8 Å². The number of carbonyl (C=O) groups is 2. The van der Waals surface area contributed by atoms with E-state index < -0.39 is 5.41 Å². The highest BCUT2D eigenvalue weighted by molar-refractivity contribution is 6.31. The zero-order valence-corrected chi connectivity index (χ0v) is 14.8. The number of hydrogen-bond donors (Lipinski definition) is 3. The van der Waals surface area contributed by atoms with Crippen molar-refractivity contribution >= 4 is 29.1 Å². The molecule has 0 aromatic heterocycles. The minimum Gasteiger partial charge on any atom is -0.355 e. The van der Waals surface area contributed by atoms with Gasteiger partial charge in [-0.25, -0.2) is 0 Å². The van der Waals surface area contributed by atoms with Crippen LogP contribution in [0.15, 0.2) is 18.2 Å². The van der Waals surface area contributed by atoms with E-state index in [1.807, 2.05) is 20.8 Å². The fourth-order valence-corrected chi connectivity index (χ4v) is 2.56. The summed E-state index contributed by atoms with van der Waals surface area (Å²) < 4.78 is 0. The topological polar surface area (TPSA) is 84.2 Å². The zero-order valence-electron chi connectivity index (χ0n) is 14.0. The van der Waals surface area contributed by atoms with Gasteiger partial charge < -0.3 is 16.4 Å². The Morgan fingerprint density at radius 3 is 2.48 bits per heavy atom. The highest BCUT2D eigenvalue weighted by Gasteiger charge is 2.32. The molecule has 0 bridgehead atoms. The third kappa shape index (κ3) is 4.94. The molecule has 0 spiro atoms. The van der Waals surface area contributed by atoms with Crippen LogP contribution in [0.4, 0.5) is 5.69 Å². The van der Waals surface area contributed by atoms with Crippen LogP contribution >= 0.6 is 11.6 Å². The fourth-order valence-electron chi connectivity index (χ4n) is 2.39. The number of halogens is 1. The van der Waals surface area contributed by atoms with E-state index >= 15 is 0 Å². The van der Waals surface area contributed by atoms with Crippen molar-refractivity contribution in [1.29, 1.82) is 0 Å². The molecule has 0 unspecified atom stereocenters. The second kappa shape index (κ2) is 8.89. The molecule has 0 aliphatic carbocycles. The Bertz CT molecular complexity index is 549. The second-order valence-corrected chi connectivity index (χ2v) is 6.07. The van der Waals surface area contributed by atoms with Crippen LogP contribution in [0, 0.1) is 12.3 Å². The van der Waals surface area contributed by atoms with Gasteiger partial charge in [-0.2, -0.15) is 0 Å². The Morgan fingerprint density at radius 2 is 1.91 bits per heavy atom. The lowest BCUT2D eigenvalue weighted by molar-refractivity contribution is -0.131. The van der Waals surface area contributed by atoms with Crippen molar-refractivity contribution in [2.75, 3.05) is 18.4 Å². The van der Waals surface area contributed by atoms with Crippen molar-refractivity contribution in [2.24, 2.45) is 11.1 Å². The summed E-state index contributed by atoms with van der Waals surface area (Å²) in [7, 11) is 0. The Hall–Kier alpha value is -1.59. The number of nitrogens with two attached hydrogens (primary N) is 1. The number of hydrogen-bond acceptors (Lipinski definition) is 3. The van der Waals surface area contributed by atoms with Crippen LogP contribution in [0.3, 0.4) is 0 Å². The van der Waals surface area contributed by atoms with Gasteiger partial charge in [-0.15, -0.1) is 0 Å². The van der Waals surface area contributed by atoms with Crippen molar-refractivity contribution in [3.05, 3.63) is 28.8 Å². The molecule has 4 N–H and O–H groups in total. The molecule has 0 aliphatic rings. The van der Waals surface area contributed by atoms with Crippen LogP contribution in [0.5, 0.6) is 0 Å². The Kier molecular flexibility index (Phi) is 7.52. The maximum atomic E-state index is 12.3. The molecule has 5 nitrogen and oxygen atoms in total. The number of amides is 2. The molecule has 23 heavy (non-hydrogen) atoms. The third-order valence-electron chi connectivity index (χ3n) is 4.41. The molecule has 0 fully saturated rings. The van der Waals surface area contributed by atoms with Crippen molar-refractivity contribution in [2.45, 2.75) is 40.0 Å². The minimum atomic E-state index is -0.542. The minimum absolute atomic E-state index is 0.0864. The summed E-state index contributed by atoms with van der Waals surface area (Å²) in [5.74, 6) is -0.251. The summed E-state index contributed by atoms with van der Waals surface area (Å²) in [5.41, 5.74) is 6.71. The van der Waals surface area contributed by atoms with Crippen LogP contribution in [-0.2, 0) is 9.59 Å². The van der Waals surface area contributed by atoms with Gasteiger partial charge in [-0.3, -0.25) is 9.59 Å². The van der Waals surface area contributed by atoms with Crippen molar-refractivity contribution in [1.82, 2.24) is 5.32 Å². The predicted octanol–water partition coefficient (Wildman–Crippen LogP) is 2.86. The van der Waals surface area contributed by atoms with E-state index in [1.54, 1.807) is 18.2 Å². The first-order chi connectivity index (χ1) is 10.9. The van der Waals surface area contributed by atoms with Gasteiger partial charge in [0.15, 0.2) is 0 Å². The first-order valence-electron chi connectivity index (χ1n) is 7.93. The predicted molar refractivity (Wildman–Crippen MR) is 94.5 cm³/mol. The molecule has 2 amide bonds. The van der Waals surface area contributed by atoms with Gasteiger partial charge in [0.05, 0.1) is 5.41 Å². The number of benzene rings is 1. The first kappa shape index (κ1) is 19.5. The van der Waals surface area contributed by atoms with E-state index in [0.717, 1.165) is 5.56 Å². The first-order valence-corrected chi connectivity index (χ1v) is 8.31. The largest absolute Gasteiger partial charge is 0.355 e. The van der Waals surface area contributed by atoms with Gasteiger partial charge in [-0.1, -0.05) is 31.5 Å². The Balaban J connectivity index is 2.51. The zero-order chi connectivity index (χ0) is 17.5. The lowest BCUT2D eigenvalue weighted by atomic mass is 9.81. The molecule has 0 saturated heterocycles. The van der Waals surface area contributed by atoms with Gasteiger partial charge >= 0.3 is 0 Å². The summed E-state index contributed by atoms with van der Waals surface area (Å²) in [6.07, 6.45) is 1.56. The van der Waals surface area contributed by atoms with Crippen LogP contribution < -0.4 is 16.4 Å². The van der Waals surface area contributed by atoms with E-state index in [1.165, 1.54) is 0 Å². The standard InChI is InChI=1S/C17H26ClN3O2/c1-4-17(5-2,11-19)16(23)20-10-9-15(22)21-14-8-6-7-13(18)12(14)3/h6-8H,4-5,9-11,19H2,1-3H3,(H,20,23)(H,21,22). The van der Waals surface area contributed by atoms with Gasteiger partial charge in [0.1, 0.15) is 0 Å². The Labute approximate surface area is 143 Å². The number of rotatable bonds is 8. The van der Waals surface area contributed by atoms with E-state index in [9.17, 15) is 9.59 Å².